The second kappa shape index (κ2) is 4.61. The molecule has 0 spiro atoms. The molecule has 1 saturated heterocycles. The van der Waals surface area contributed by atoms with E-state index in [1.54, 1.807) is 0 Å². The van der Waals surface area contributed by atoms with Crippen molar-refractivity contribution in [2.24, 2.45) is 5.92 Å². The first kappa shape index (κ1) is 10.5. The molecule has 2 unspecified atom stereocenters. The number of hydrogen-bond acceptors (Lipinski definition) is 2. The highest BCUT2D eigenvalue weighted by atomic mass is 16.2. The smallest absolute Gasteiger partial charge is 0.227 e. The molecule has 1 aliphatic heterocycles. The van der Waals surface area contributed by atoms with Gasteiger partial charge in [-0.05, 0) is 33.7 Å². The van der Waals surface area contributed by atoms with E-state index in [4.69, 9.17) is 0 Å². The third-order valence-corrected chi connectivity index (χ3v) is 2.92. The Kier molecular flexibility index (Phi) is 3.72. The molecule has 0 radical (unpaired) electrons. The third kappa shape index (κ3) is 2.21. The van der Waals surface area contributed by atoms with Crippen LogP contribution in [0.3, 0.4) is 0 Å². The lowest BCUT2D eigenvalue weighted by Crippen LogP contribution is -2.40. The van der Waals surface area contributed by atoms with Gasteiger partial charge in [0.15, 0.2) is 0 Å². The Morgan fingerprint density at radius 3 is 2.46 bits per heavy atom. The maximum atomic E-state index is 11.9. The molecule has 1 heterocycles. The summed E-state index contributed by atoms with van der Waals surface area (Å²) in [6.07, 6.45) is 0.997. The van der Waals surface area contributed by atoms with Crippen LogP contribution in [0, 0.1) is 5.92 Å². The highest BCUT2D eigenvalue weighted by Crippen LogP contribution is 2.17. The van der Waals surface area contributed by atoms with Crippen LogP contribution in [-0.4, -0.2) is 36.5 Å². The average molecular weight is 184 g/mol. The van der Waals surface area contributed by atoms with E-state index in [-0.39, 0.29) is 5.92 Å². The van der Waals surface area contributed by atoms with Crippen molar-refractivity contribution in [2.75, 3.05) is 19.6 Å². The van der Waals surface area contributed by atoms with E-state index in [0.29, 0.717) is 11.9 Å². The molecule has 1 rings (SSSR count). The zero-order chi connectivity index (χ0) is 9.84. The molecule has 1 fully saturated rings. The van der Waals surface area contributed by atoms with Crippen LogP contribution >= 0.6 is 0 Å². The van der Waals surface area contributed by atoms with Gasteiger partial charge in [0.05, 0.1) is 5.92 Å². The zero-order valence-electron chi connectivity index (χ0n) is 8.84. The molecule has 0 aromatic rings. The minimum atomic E-state index is 0.208. The molecule has 0 aliphatic carbocycles. The number of nitrogens with one attached hydrogen (secondary N) is 1. The van der Waals surface area contributed by atoms with Crippen molar-refractivity contribution < 1.29 is 4.79 Å². The summed E-state index contributed by atoms with van der Waals surface area (Å²) in [4.78, 5) is 13.8. The van der Waals surface area contributed by atoms with E-state index < -0.39 is 0 Å². The summed E-state index contributed by atoms with van der Waals surface area (Å²) < 4.78 is 0. The molecule has 1 amide bonds. The summed E-state index contributed by atoms with van der Waals surface area (Å²) in [6.45, 7) is 8.82. The van der Waals surface area contributed by atoms with Gasteiger partial charge in [0.2, 0.25) is 5.91 Å². The largest absolute Gasteiger partial charge is 0.343 e. The fourth-order valence-corrected chi connectivity index (χ4v) is 1.97. The van der Waals surface area contributed by atoms with Crippen LogP contribution in [0.25, 0.3) is 0 Å². The monoisotopic (exact) mass is 184 g/mol. The third-order valence-electron chi connectivity index (χ3n) is 2.92. The minimum Gasteiger partial charge on any atom is -0.343 e. The molecule has 0 aromatic carbocycles. The first-order valence-corrected chi connectivity index (χ1v) is 5.22. The maximum Gasteiger partial charge on any atom is 0.227 e. The Morgan fingerprint density at radius 1 is 1.46 bits per heavy atom. The Bertz CT molecular complexity index is 178. The van der Waals surface area contributed by atoms with E-state index in [9.17, 15) is 4.79 Å². The first-order valence-electron chi connectivity index (χ1n) is 5.22. The van der Waals surface area contributed by atoms with Crippen molar-refractivity contribution in [3.8, 4) is 0 Å². The van der Waals surface area contributed by atoms with Gasteiger partial charge in [-0.15, -0.1) is 0 Å². The van der Waals surface area contributed by atoms with Gasteiger partial charge in [0.25, 0.3) is 0 Å². The predicted octanol–water partition coefficient (Wildman–Crippen LogP) is 0.853. The van der Waals surface area contributed by atoms with Crippen LogP contribution < -0.4 is 5.32 Å². The fraction of sp³-hybridized carbons (Fsp3) is 0.900. The Balaban J connectivity index is 2.54. The molecule has 13 heavy (non-hydrogen) atoms. The SMILES string of the molecule is CCN(CC)C(=O)C1CCNC1C. The predicted molar refractivity (Wildman–Crippen MR) is 53.5 cm³/mol. The Hall–Kier alpha value is -0.570. The standard InChI is InChI=1S/C10H20N2O/c1-4-12(5-2)10(13)9-6-7-11-8(9)3/h8-9,11H,4-7H2,1-3H3. The highest BCUT2D eigenvalue weighted by Gasteiger charge is 2.31. The van der Waals surface area contributed by atoms with Crippen molar-refractivity contribution in [2.45, 2.75) is 33.2 Å². The zero-order valence-corrected chi connectivity index (χ0v) is 8.84. The van der Waals surface area contributed by atoms with Gasteiger partial charge in [-0.25, -0.2) is 0 Å². The molecule has 0 bridgehead atoms. The van der Waals surface area contributed by atoms with Crippen LogP contribution in [0.15, 0.2) is 0 Å². The molecule has 1 aliphatic rings. The number of hydrogen-bond donors (Lipinski definition) is 1. The normalized spacial score (nSPS) is 27.6. The number of nitrogens with zero attached hydrogens (tertiary/aromatic N) is 1. The second-order valence-electron chi connectivity index (χ2n) is 3.65. The van der Waals surface area contributed by atoms with Crippen molar-refractivity contribution >= 4 is 5.91 Å². The Morgan fingerprint density at radius 2 is 2.08 bits per heavy atom. The lowest BCUT2D eigenvalue weighted by molar-refractivity contribution is -0.135. The van der Waals surface area contributed by atoms with Crippen molar-refractivity contribution in [1.29, 1.82) is 0 Å². The number of amides is 1. The van der Waals surface area contributed by atoms with Crippen LogP contribution in [-0.2, 0) is 4.79 Å². The van der Waals surface area contributed by atoms with Gasteiger partial charge in [0, 0.05) is 19.1 Å². The summed E-state index contributed by atoms with van der Waals surface area (Å²) in [5.41, 5.74) is 0. The van der Waals surface area contributed by atoms with Gasteiger partial charge in [-0.3, -0.25) is 4.79 Å². The molecular formula is C10H20N2O. The summed E-state index contributed by atoms with van der Waals surface area (Å²) in [5.74, 6) is 0.530. The summed E-state index contributed by atoms with van der Waals surface area (Å²) >= 11 is 0. The minimum absolute atomic E-state index is 0.208. The van der Waals surface area contributed by atoms with Crippen LogP contribution in [0.1, 0.15) is 27.2 Å². The first-order chi connectivity index (χ1) is 6.20. The molecular weight excluding hydrogens is 164 g/mol. The Labute approximate surface area is 80.5 Å². The average Bonchev–Trinajstić information content (AvgIpc) is 2.53. The highest BCUT2D eigenvalue weighted by molar-refractivity contribution is 5.79. The van der Waals surface area contributed by atoms with E-state index in [2.05, 4.69) is 12.2 Å². The van der Waals surface area contributed by atoms with Gasteiger partial charge < -0.3 is 10.2 Å². The number of carbonyl (C=O) groups is 1. The molecule has 1 N–H and O–H groups in total. The van der Waals surface area contributed by atoms with E-state index in [1.165, 1.54) is 0 Å². The van der Waals surface area contributed by atoms with E-state index in [1.807, 2.05) is 18.7 Å². The molecule has 0 saturated carbocycles. The topological polar surface area (TPSA) is 32.3 Å². The van der Waals surface area contributed by atoms with E-state index >= 15 is 0 Å². The molecule has 3 heteroatoms. The maximum absolute atomic E-state index is 11.9. The van der Waals surface area contributed by atoms with Crippen molar-refractivity contribution in [1.82, 2.24) is 10.2 Å². The number of rotatable bonds is 3. The second-order valence-corrected chi connectivity index (χ2v) is 3.65. The van der Waals surface area contributed by atoms with E-state index in [0.717, 1.165) is 26.1 Å². The van der Waals surface area contributed by atoms with Gasteiger partial charge >= 0.3 is 0 Å². The lowest BCUT2D eigenvalue weighted by atomic mass is 10.0. The van der Waals surface area contributed by atoms with Crippen LogP contribution in [0.2, 0.25) is 0 Å². The summed E-state index contributed by atoms with van der Waals surface area (Å²) in [6, 6.07) is 0.355. The number of carbonyl (C=O) groups excluding carboxylic acids is 1. The van der Waals surface area contributed by atoms with Gasteiger partial charge in [0.1, 0.15) is 0 Å². The van der Waals surface area contributed by atoms with Gasteiger partial charge in [-0.2, -0.15) is 0 Å². The van der Waals surface area contributed by atoms with Crippen molar-refractivity contribution in [3.63, 3.8) is 0 Å². The summed E-state index contributed by atoms with van der Waals surface area (Å²) in [7, 11) is 0. The molecule has 0 aromatic heterocycles. The van der Waals surface area contributed by atoms with Crippen LogP contribution in [0.5, 0.6) is 0 Å². The molecule has 3 nitrogen and oxygen atoms in total. The van der Waals surface area contributed by atoms with Crippen LogP contribution in [0.4, 0.5) is 0 Å². The molecule has 2 atom stereocenters. The summed E-state index contributed by atoms with van der Waals surface area (Å²) in [5, 5.41) is 3.31. The van der Waals surface area contributed by atoms with Gasteiger partial charge in [-0.1, -0.05) is 0 Å². The fourth-order valence-electron chi connectivity index (χ4n) is 1.97. The lowest BCUT2D eigenvalue weighted by Gasteiger charge is -2.24. The van der Waals surface area contributed by atoms with Crippen molar-refractivity contribution in [3.05, 3.63) is 0 Å². The quantitative estimate of drug-likeness (QED) is 0.705. The molecule has 76 valence electrons.